The predicted octanol–water partition coefficient (Wildman–Crippen LogP) is 2.40. The van der Waals surface area contributed by atoms with Crippen LogP contribution in [0, 0.1) is 5.82 Å². The lowest BCUT2D eigenvalue weighted by molar-refractivity contribution is -0.0555. The fourth-order valence-electron chi connectivity index (χ4n) is 2.46. The second-order valence-electron chi connectivity index (χ2n) is 5.77. The molecule has 7 heteroatoms. The van der Waals surface area contributed by atoms with Gasteiger partial charge in [0, 0.05) is 12.6 Å². The van der Waals surface area contributed by atoms with Gasteiger partial charge in [0.05, 0.1) is 19.3 Å². The van der Waals surface area contributed by atoms with Gasteiger partial charge in [-0.2, -0.15) is 4.98 Å². The van der Waals surface area contributed by atoms with E-state index < -0.39 is 0 Å². The normalized spacial score (nSPS) is 22.2. The Morgan fingerprint density at radius 3 is 2.87 bits per heavy atom. The zero-order chi connectivity index (χ0) is 16.2. The maximum absolute atomic E-state index is 12.8. The minimum atomic E-state index is -0.298. The van der Waals surface area contributed by atoms with E-state index in [1.807, 2.05) is 0 Å². The van der Waals surface area contributed by atoms with Crippen LogP contribution in [0.15, 0.2) is 28.8 Å². The monoisotopic (exact) mass is 321 g/mol. The Hall–Kier alpha value is -1.99. The molecule has 0 aliphatic carbocycles. The van der Waals surface area contributed by atoms with Gasteiger partial charge in [0.1, 0.15) is 11.6 Å². The lowest BCUT2D eigenvalue weighted by Gasteiger charge is -2.35. The third-order valence-electron chi connectivity index (χ3n) is 3.77. The summed E-state index contributed by atoms with van der Waals surface area (Å²) in [5.74, 6) is 1.29. The van der Waals surface area contributed by atoms with E-state index in [0.717, 1.165) is 6.54 Å². The quantitative estimate of drug-likeness (QED) is 0.843. The Labute approximate surface area is 134 Å². The molecule has 1 aromatic heterocycles. The molecule has 2 heterocycles. The number of morpholine rings is 1. The molecule has 1 aliphatic rings. The zero-order valence-electron chi connectivity index (χ0n) is 13.2. The number of nitrogens with zero attached hydrogens (tertiary/aromatic N) is 3. The summed E-state index contributed by atoms with van der Waals surface area (Å²) >= 11 is 0. The SMILES string of the molecule is C[C@@H]1CO[C@@H](C)CN1Cc1nc(COc2ccc(F)cc2)no1. The van der Waals surface area contributed by atoms with Crippen LogP contribution in [0.3, 0.4) is 0 Å². The Bertz CT molecular complexity index is 632. The summed E-state index contributed by atoms with van der Waals surface area (Å²) in [6, 6.07) is 6.13. The smallest absolute Gasteiger partial charge is 0.240 e. The molecule has 0 radical (unpaired) electrons. The summed E-state index contributed by atoms with van der Waals surface area (Å²) in [7, 11) is 0. The second kappa shape index (κ2) is 7.06. The van der Waals surface area contributed by atoms with E-state index in [2.05, 4.69) is 28.9 Å². The van der Waals surface area contributed by atoms with E-state index in [4.69, 9.17) is 14.0 Å². The molecule has 2 atom stereocenters. The summed E-state index contributed by atoms with van der Waals surface area (Å²) in [6.07, 6.45) is 0.204. The maximum atomic E-state index is 12.8. The molecule has 1 saturated heterocycles. The van der Waals surface area contributed by atoms with Crippen LogP contribution in [0.4, 0.5) is 4.39 Å². The van der Waals surface area contributed by atoms with Crippen LogP contribution in [0.25, 0.3) is 0 Å². The van der Waals surface area contributed by atoms with Crippen LogP contribution in [-0.2, 0) is 17.9 Å². The fourth-order valence-corrected chi connectivity index (χ4v) is 2.46. The van der Waals surface area contributed by atoms with Crippen molar-refractivity contribution in [3.8, 4) is 5.75 Å². The highest BCUT2D eigenvalue weighted by Gasteiger charge is 2.25. The Morgan fingerprint density at radius 1 is 1.30 bits per heavy atom. The van der Waals surface area contributed by atoms with E-state index in [9.17, 15) is 4.39 Å². The van der Waals surface area contributed by atoms with E-state index in [1.165, 1.54) is 12.1 Å². The largest absolute Gasteiger partial charge is 0.485 e. The van der Waals surface area contributed by atoms with Crippen LogP contribution in [0.1, 0.15) is 25.6 Å². The molecule has 0 bridgehead atoms. The number of ether oxygens (including phenoxy) is 2. The molecule has 1 aromatic carbocycles. The molecule has 3 rings (SSSR count). The molecule has 0 saturated carbocycles. The van der Waals surface area contributed by atoms with Crippen molar-refractivity contribution in [2.45, 2.75) is 39.1 Å². The maximum Gasteiger partial charge on any atom is 0.240 e. The summed E-state index contributed by atoms with van der Waals surface area (Å²) in [5, 5.41) is 3.92. The average molecular weight is 321 g/mol. The molecule has 0 unspecified atom stereocenters. The number of hydrogen-bond acceptors (Lipinski definition) is 6. The highest BCUT2D eigenvalue weighted by molar-refractivity contribution is 5.22. The number of rotatable bonds is 5. The molecule has 0 amide bonds. The summed E-state index contributed by atoms with van der Waals surface area (Å²) in [6.45, 7) is 6.48. The molecule has 23 heavy (non-hydrogen) atoms. The van der Waals surface area contributed by atoms with Crippen LogP contribution in [-0.4, -0.2) is 40.3 Å². The van der Waals surface area contributed by atoms with Gasteiger partial charge in [-0.1, -0.05) is 5.16 Å². The second-order valence-corrected chi connectivity index (χ2v) is 5.77. The highest BCUT2D eigenvalue weighted by atomic mass is 19.1. The van der Waals surface area contributed by atoms with Crippen molar-refractivity contribution in [2.75, 3.05) is 13.2 Å². The molecular formula is C16H20FN3O3. The lowest BCUT2D eigenvalue weighted by atomic mass is 10.2. The van der Waals surface area contributed by atoms with Gasteiger partial charge < -0.3 is 14.0 Å². The van der Waals surface area contributed by atoms with Gasteiger partial charge in [0.2, 0.25) is 11.7 Å². The number of benzene rings is 1. The predicted molar refractivity (Wildman–Crippen MR) is 80.3 cm³/mol. The van der Waals surface area contributed by atoms with Crippen molar-refractivity contribution in [2.24, 2.45) is 0 Å². The number of hydrogen-bond donors (Lipinski definition) is 0. The van der Waals surface area contributed by atoms with Gasteiger partial charge in [-0.3, -0.25) is 4.90 Å². The molecular weight excluding hydrogens is 301 g/mol. The first-order valence-corrected chi connectivity index (χ1v) is 7.65. The van der Waals surface area contributed by atoms with Gasteiger partial charge in [0.25, 0.3) is 0 Å². The molecule has 124 valence electrons. The van der Waals surface area contributed by atoms with Gasteiger partial charge in [-0.05, 0) is 38.1 Å². The molecule has 6 nitrogen and oxygen atoms in total. The van der Waals surface area contributed by atoms with Gasteiger partial charge in [-0.25, -0.2) is 4.39 Å². The van der Waals surface area contributed by atoms with E-state index in [0.29, 0.717) is 36.7 Å². The van der Waals surface area contributed by atoms with Crippen LogP contribution in [0.2, 0.25) is 0 Å². The van der Waals surface area contributed by atoms with Gasteiger partial charge in [-0.15, -0.1) is 0 Å². The van der Waals surface area contributed by atoms with Crippen molar-refractivity contribution >= 4 is 0 Å². The van der Waals surface area contributed by atoms with Crippen molar-refractivity contribution in [3.05, 3.63) is 41.8 Å². The lowest BCUT2D eigenvalue weighted by Crippen LogP contribution is -2.46. The van der Waals surface area contributed by atoms with Gasteiger partial charge >= 0.3 is 0 Å². The Balaban J connectivity index is 1.54. The fraction of sp³-hybridized carbons (Fsp3) is 0.500. The van der Waals surface area contributed by atoms with Crippen LogP contribution < -0.4 is 4.74 Å². The molecule has 2 aromatic rings. The van der Waals surface area contributed by atoms with E-state index in [-0.39, 0.29) is 18.5 Å². The van der Waals surface area contributed by atoms with Gasteiger partial charge in [0.15, 0.2) is 6.61 Å². The van der Waals surface area contributed by atoms with Crippen LogP contribution >= 0.6 is 0 Å². The minimum Gasteiger partial charge on any atom is -0.485 e. The summed E-state index contributed by atoms with van der Waals surface area (Å²) in [5.41, 5.74) is 0. The molecule has 0 spiro atoms. The standard InChI is InChI=1S/C16H20FN3O3/c1-11-9-21-12(2)7-20(11)8-16-18-15(19-23-16)10-22-14-5-3-13(17)4-6-14/h3-6,11-12H,7-10H2,1-2H3/t11-,12+/m1/s1. The topological polar surface area (TPSA) is 60.6 Å². The third kappa shape index (κ3) is 4.27. The Kier molecular flexibility index (Phi) is 4.88. The molecule has 1 fully saturated rings. The first-order chi connectivity index (χ1) is 11.1. The van der Waals surface area contributed by atoms with Crippen LogP contribution in [0.5, 0.6) is 5.75 Å². The van der Waals surface area contributed by atoms with Crippen molar-refractivity contribution in [1.82, 2.24) is 15.0 Å². The highest BCUT2D eigenvalue weighted by Crippen LogP contribution is 2.15. The third-order valence-corrected chi connectivity index (χ3v) is 3.77. The first-order valence-electron chi connectivity index (χ1n) is 7.65. The van der Waals surface area contributed by atoms with E-state index in [1.54, 1.807) is 12.1 Å². The summed E-state index contributed by atoms with van der Waals surface area (Å²) < 4.78 is 29.2. The van der Waals surface area contributed by atoms with Crippen molar-refractivity contribution in [1.29, 1.82) is 0 Å². The number of halogens is 1. The number of aromatic nitrogens is 2. The molecule has 1 aliphatic heterocycles. The van der Waals surface area contributed by atoms with Crippen molar-refractivity contribution < 1.29 is 18.4 Å². The first kappa shape index (κ1) is 15.9. The minimum absolute atomic E-state index is 0.185. The zero-order valence-corrected chi connectivity index (χ0v) is 13.2. The average Bonchev–Trinajstić information content (AvgIpc) is 2.98. The summed E-state index contributed by atoms with van der Waals surface area (Å²) in [4.78, 5) is 6.59. The van der Waals surface area contributed by atoms with E-state index >= 15 is 0 Å². The van der Waals surface area contributed by atoms with Crippen molar-refractivity contribution in [3.63, 3.8) is 0 Å². The molecule has 0 N–H and O–H groups in total. The Morgan fingerprint density at radius 2 is 2.09 bits per heavy atom.